The first kappa shape index (κ1) is 13.9. The fourth-order valence-electron chi connectivity index (χ4n) is 3.19. The first-order chi connectivity index (χ1) is 11.3. The highest BCUT2D eigenvalue weighted by Crippen LogP contribution is 2.25. The number of hydrogen-bond donors (Lipinski definition) is 0. The zero-order valence-corrected chi connectivity index (χ0v) is 12.9. The van der Waals surface area contributed by atoms with Crippen molar-refractivity contribution in [2.45, 2.75) is 18.5 Å². The van der Waals surface area contributed by atoms with Crippen molar-refractivity contribution in [3.63, 3.8) is 0 Å². The van der Waals surface area contributed by atoms with E-state index in [9.17, 15) is 0 Å². The fraction of sp³-hybridized carbons (Fsp3) is 0.143. The Morgan fingerprint density at radius 1 is 0.522 bits per heavy atom. The molecule has 0 aromatic heterocycles. The predicted molar refractivity (Wildman–Crippen MR) is 91.8 cm³/mol. The monoisotopic (exact) mass is 298 g/mol. The maximum atomic E-state index is 5.01. The fourth-order valence-corrected chi connectivity index (χ4v) is 3.19. The molecule has 0 N–H and O–H groups in total. The largest absolute Gasteiger partial charge is 0.253 e. The van der Waals surface area contributed by atoms with Crippen molar-refractivity contribution >= 4 is 0 Å². The van der Waals surface area contributed by atoms with Crippen LogP contribution in [-0.2, 0) is 12.8 Å². The molecule has 1 heterocycles. The van der Waals surface area contributed by atoms with Gasteiger partial charge in [-0.05, 0) is 23.3 Å². The molecule has 0 saturated heterocycles. The van der Waals surface area contributed by atoms with E-state index in [1.807, 2.05) is 24.3 Å². The van der Waals surface area contributed by atoms with Crippen LogP contribution >= 0.6 is 0 Å². The summed E-state index contributed by atoms with van der Waals surface area (Å²) in [5.74, 6) is 0. The molecule has 0 fully saturated rings. The van der Waals surface area contributed by atoms with Gasteiger partial charge in [0.1, 0.15) is 0 Å². The maximum Gasteiger partial charge on any atom is 0.159 e. The van der Waals surface area contributed by atoms with Crippen molar-refractivity contribution in [1.82, 2.24) is 0 Å². The molecular weight excluding hydrogens is 280 g/mol. The van der Waals surface area contributed by atoms with Gasteiger partial charge < -0.3 is 0 Å². The molecule has 112 valence electrons. The molecule has 0 saturated carbocycles. The van der Waals surface area contributed by atoms with Gasteiger partial charge in [0, 0.05) is 12.8 Å². The van der Waals surface area contributed by atoms with Gasteiger partial charge in [-0.2, -0.15) is 0 Å². The summed E-state index contributed by atoms with van der Waals surface area (Å²) in [5.41, 5.74) is 2.10. The van der Waals surface area contributed by atoms with Crippen LogP contribution in [0.3, 0.4) is 0 Å². The lowest BCUT2D eigenvalue weighted by Crippen LogP contribution is -2.29. The topological polar surface area (TPSA) is 24.7 Å². The van der Waals surface area contributed by atoms with Gasteiger partial charge in [-0.25, -0.2) is 0 Å². The minimum Gasteiger partial charge on any atom is -0.253 e. The minimum atomic E-state index is -0.438. The molecule has 1 aliphatic rings. The van der Waals surface area contributed by atoms with Gasteiger partial charge in [-0.15, -0.1) is 0 Å². The summed E-state index contributed by atoms with van der Waals surface area (Å²) >= 11 is 0. The van der Waals surface area contributed by atoms with Gasteiger partial charge in [0.15, 0.2) is 5.66 Å². The highest BCUT2D eigenvalue weighted by Gasteiger charge is 2.31. The van der Waals surface area contributed by atoms with Crippen LogP contribution in [0.4, 0.5) is 0 Å². The Bertz CT molecular complexity index is 836. The van der Waals surface area contributed by atoms with Crippen molar-refractivity contribution in [2.24, 2.45) is 9.98 Å². The first-order valence-electron chi connectivity index (χ1n) is 7.96. The SMILES string of the molecule is c1ccc(CC2(Cc3ccccc3)N=c3ccccc3=N2)cc1. The van der Waals surface area contributed by atoms with Crippen molar-refractivity contribution in [2.75, 3.05) is 0 Å². The van der Waals surface area contributed by atoms with Gasteiger partial charge in [0.05, 0.1) is 10.7 Å². The normalized spacial score (nSPS) is 14.6. The van der Waals surface area contributed by atoms with E-state index in [0.29, 0.717) is 0 Å². The summed E-state index contributed by atoms with van der Waals surface area (Å²) in [6, 6.07) is 29.2. The predicted octanol–water partition coefficient (Wildman–Crippen LogP) is 3.12. The smallest absolute Gasteiger partial charge is 0.159 e. The molecule has 1 aliphatic heterocycles. The molecule has 4 rings (SSSR count). The third kappa shape index (κ3) is 2.93. The maximum absolute atomic E-state index is 5.01. The van der Waals surface area contributed by atoms with Crippen molar-refractivity contribution in [3.05, 3.63) is 107 Å². The summed E-state index contributed by atoms with van der Waals surface area (Å²) in [7, 11) is 0. The molecule has 0 unspecified atom stereocenters. The lowest BCUT2D eigenvalue weighted by atomic mass is 9.93. The van der Waals surface area contributed by atoms with E-state index in [1.54, 1.807) is 0 Å². The Labute approximate surface area is 135 Å². The van der Waals surface area contributed by atoms with Gasteiger partial charge >= 0.3 is 0 Å². The summed E-state index contributed by atoms with van der Waals surface area (Å²) in [4.78, 5) is 10.0. The van der Waals surface area contributed by atoms with Crippen LogP contribution in [0.5, 0.6) is 0 Å². The second-order valence-electron chi connectivity index (χ2n) is 6.02. The third-order valence-electron chi connectivity index (χ3n) is 4.20. The molecule has 23 heavy (non-hydrogen) atoms. The Balaban J connectivity index is 1.77. The first-order valence-corrected chi connectivity index (χ1v) is 7.96. The zero-order valence-electron chi connectivity index (χ0n) is 12.9. The second kappa shape index (κ2) is 5.81. The second-order valence-corrected chi connectivity index (χ2v) is 6.02. The van der Waals surface area contributed by atoms with Crippen LogP contribution in [-0.4, -0.2) is 5.66 Å². The molecule has 3 aromatic rings. The van der Waals surface area contributed by atoms with Crippen molar-refractivity contribution in [3.8, 4) is 0 Å². The molecule has 0 spiro atoms. The number of para-hydroxylation sites is 2. The summed E-state index contributed by atoms with van der Waals surface area (Å²) in [6.45, 7) is 0. The lowest BCUT2D eigenvalue weighted by molar-refractivity contribution is 0.439. The number of benzene rings is 3. The third-order valence-corrected chi connectivity index (χ3v) is 4.20. The highest BCUT2D eigenvalue weighted by atomic mass is 15.1. The van der Waals surface area contributed by atoms with Gasteiger partial charge in [-0.3, -0.25) is 9.98 Å². The van der Waals surface area contributed by atoms with E-state index < -0.39 is 5.66 Å². The molecule has 3 aromatic carbocycles. The average molecular weight is 298 g/mol. The standard InChI is InChI=1S/C21H18N2/c1-3-9-17(10-4-1)15-21(16-18-11-5-2-6-12-18)22-19-13-7-8-14-20(19)23-21/h1-14H,15-16H2. The van der Waals surface area contributed by atoms with Crippen molar-refractivity contribution < 1.29 is 0 Å². The molecule has 0 aliphatic carbocycles. The zero-order chi connectivity index (χ0) is 15.5. The van der Waals surface area contributed by atoms with E-state index in [4.69, 9.17) is 9.98 Å². The summed E-state index contributed by atoms with van der Waals surface area (Å²) in [6.07, 6.45) is 1.63. The van der Waals surface area contributed by atoms with E-state index in [2.05, 4.69) is 60.7 Å². The Hall–Kier alpha value is -2.74. The van der Waals surface area contributed by atoms with Crippen LogP contribution in [0.15, 0.2) is 94.9 Å². The highest BCUT2D eigenvalue weighted by molar-refractivity contribution is 5.24. The molecule has 2 heteroatoms. The van der Waals surface area contributed by atoms with Crippen LogP contribution in [0.25, 0.3) is 0 Å². The Morgan fingerprint density at radius 3 is 1.35 bits per heavy atom. The number of rotatable bonds is 4. The lowest BCUT2D eigenvalue weighted by Gasteiger charge is -2.23. The minimum absolute atomic E-state index is 0.438. The van der Waals surface area contributed by atoms with E-state index in [-0.39, 0.29) is 0 Å². The number of nitrogens with zero attached hydrogens (tertiary/aromatic N) is 2. The summed E-state index contributed by atoms with van der Waals surface area (Å²) < 4.78 is 0. The van der Waals surface area contributed by atoms with Gasteiger partial charge in [0.2, 0.25) is 0 Å². The van der Waals surface area contributed by atoms with Crippen LogP contribution < -0.4 is 10.7 Å². The van der Waals surface area contributed by atoms with Crippen LogP contribution in [0.2, 0.25) is 0 Å². The van der Waals surface area contributed by atoms with E-state index in [1.165, 1.54) is 11.1 Å². The molecule has 0 atom stereocenters. The summed E-state index contributed by atoms with van der Waals surface area (Å²) in [5, 5.41) is 2.00. The average Bonchev–Trinajstić information content (AvgIpc) is 2.94. The molecular formula is C21H18N2. The number of fused-ring (bicyclic) bond motifs is 1. The Kier molecular flexibility index (Phi) is 3.51. The van der Waals surface area contributed by atoms with E-state index in [0.717, 1.165) is 23.6 Å². The molecule has 0 bridgehead atoms. The molecule has 0 radical (unpaired) electrons. The van der Waals surface area contributed by atoms with Crippen LogP contribution in [0.1, 0.15) is 11.1 Å². The van der Waals surface area contributed by atoms with Gasteiger partial charge in [-0.1, -0.05) is 72.8 Å². The van der Waals surface area contributed by atoms with Crippen molar-refractivity contribution in [1.29, 1.82) is 0 Å². The molecule has 2 nitrogen and oxygen atoms in total. The Morgan fingerprint density at radius 2 is 0.913 bits per heavy atom. The van der Waals surface area contributed by atoms with Crippen LogP contribution in [0, 0.1) is 0 Å². The molecule has 0 amide bonds. The van der Waals surface area contributed by atoms with Gasteiger partial charge in [0.25, 0.3) is 0 Å². The number of hydrogen-bond acceptors (Lipinski definition) is 2. The quantitative estimate of drug-likeness (QED) is 0.707. The van der Waals surface area contributed by atoms with E-state index >= 15 is 0 Å².